The van der Waals surface area contributed by atoms with Gasteiger partial charge in [-0.3, -0.25) is 4.79 Å². The molecule has 2 aromatic carbocycles. The van der Waals surface area contributed by atoms with Gasteiger partial charge in [0.15, 0.2) is 0 Å². The van der Waals surface area contributed by atoms with E-state index in [-0.39, 0.29) is 16.5 Å². The number of aromatic nitrogens is 2. The van der Waals surface area contributed by atoms with Crippen molar-refractivity contribution in [2.24, 2.45) is 0 Å². The van der Waals surface area contributed by atoms with Gasteiger partial charge in [-0.2, -0.15) is 0 Å². The van der Waals surface area contributed by atoms with Gasteiger partial charge in [-0.05, 0) is 48.5 Å². The first kappa shape index (κ1) is 19.5. The van der Waals surface area contributed by atoms with Crippen molar-refractivity contribution in [1.29, 1.82) is 0 Å². The fourth-order valence-corrected chi connectivity index (χ4v) is 3.21. The molecular formula is C19H18N4O4S. The Balaban J connectivity index is 1.71. The molecule has 0 saturated carbocycles. The topological polar surface area (TPSA) is 101 Å². The van der Waals surface area contributed by atoms with E-state index < -0.39 is 15.9 Å². The summed E-state index contributed by atoms with van der Waals surface area (Å²) < 4.78 is 31.0. The average molecular weight is 398 g/mol. The van der Waals surface area contributed by atoms with Crippen LogP contribution in [0.2, 0.25) is 0 Å². The molecule has 1 heterocycles. The first-order valence-electron chi connectivity index (χ1n) is 8.25. The number of hydrogen-bond acceptors (Lipinski definition) is 6. The molecule has 0 unspecified atom stereocenters. The summed E-state index contributed by atoms with van der Waals surface area (Å²) in [5, 5.41) is 2.72. The number of anilines is 1. The molecule has 0 aliphatic heterocycles. The van der Waals surface area contributed by atoms with Crippen LogP contribution in [0.25, 0.3) is 0 Å². The van der Waals surface area contributed by atoms with E-state index in [0.29, 0.717) is 11.4 Å². The van der Waals surface area contributed by atoms with Crippen LogP contribution >= 0.6 is 0 Å². The van der Waals surface area contributed by atoms with Crippen LogP contribution < -0.4 is 10.1 Å². The number of amides is 1. The molecule has 1 aromatic heterocycles. The minimum Gasteiger partial charge on any atom is -0.424 e. The molecule has 144 valence electrons. The van der Waals surface area contributed by atoms with E-state index in [0.717, 1.165) is 4.31 Å². The molecule has 0 aliphatic rings. The molecule has 8 nitrogen and oxygen atoms in total. The second-order valence-corrected chi connectivity index (χ2v) is 8.08. The van der Waals surface area contributed by atoms with E-state index in [1.54, 1.807) is 48.8 Å². The number of rotatable bonds is 6. The number of nitrogens with one attached hydrogen (secondary N) is 1. The molecule has 1 N–H and O–H groups in total. The second-order valence-electron chi connectivity index (χ2n) is 5.93. The summed E-state index contributed by atoms with van der Waals surface area (Å²) >= 11 is 0. The Morgan fingerprint density at radius 3 is 2.32 bits per heavy atom. The molecule has 0 spiro atoms. The molecule has 0 bridgehead atoms. The third-order valence-electron chi connectivity index (χ3n) is 3.74. The van der Waals surface area contributed by atoms with Crippen LogP contribution in [-0.4, -0.2) is 42.7 Å². The molecule has 0 fully saturated rings. The monoisotopic (exact) mass is 398 g/mol. The van der Waals surface area contributed by atoms with Gasteiger partial charge in [0.1, 0.15) is 5.75 Å². The van der Waals surface area contributed by atoms with Crippen LogP contribution in [0.15, 0.2) is 71.9 Å². The maximum Gasteiger partial charge on any atom is 0.321 e. The molecule has 3 aromatic rings. The Bertz CT molecular complexity index is 1070. The van der Waals surface area contributed by atoms with Crippen molar-refractivity contribution >= 4 is 21.6 Å². The molecule has 1 amide bonds. The van der Waals surface area contributed by atoms with Gasteiger partial charge in [0, 0.05) is 37.7 Å². The van der Waals surface area contributed by atoms with Crippen LogP contribution in [0, 0.1) is 0 Å². The zero-order chi connectivity index (χ0) is 20.1. The maximum absolute atomic E-state index is 12.5. The fourth-order valence-electron chi connectivity index (χ4n) is 2.26. The highest BCUT2D eigenvalue weighted by Crippen LogP contribution is 2.21. The summed E-state index contributed by atoms with van der Waals surface area (Å²) in [6, 6.07) is 14.4. The summed E-state index contributed by atoms with van der Waals surface area (Å²) in [5.74, 6) is 0.0964. The number of hydrogen-bond donors (Lipinski definition) is 1. The zero-order valence-electron chi connectivity index (χ0n) is 15.2. The number of nitrogens with zero attached hydrogens (tertiary/aromatic N) is 3. The lowest BCUT2D eigenvalue weighted by molar-refractivity contribution is 0.102. The zero-order valence-corrected chi connectivity index (χ0v) is 16.1. The Kier molecular flexibility index (Phi) is 5.67. The number of carbonyl (C=O) groups is 1. The van der Waals surface area contributed by atoms with E-state index in [1.165, 1.54) is 32.3 Å². The Morgan fingerprint density at radius 1 is 1.00 bits per heavy atom. The van der Waals surface area contributed by atoms with Gasteiger partial charge in [0.25, 0.3) is 5.91 Å². The maximum atomic E-state index is 12.5. The summed E-state index contributed by atoms with van der Waals surface area (Å²) in [6.07, 6.45) is 3.14. The molecule has 0 saturated heterocycles. The molecule has 0 aliphatic carbocycles. The second kappa shape index (κ2) is 8.15. The van der Waals surface area contributed by atoms with Crippen LogP contribution in [0.3, 0.4) is 0 Å². The largest absolute Gasteiger partial charge is 0.424 e. The molecule has 28 heavy (non-hydrogen) atoms. The fraction of sp³-hybridized carbons (Fsp3) is 0.105. The third-order valence-corrected chi connectivity index (χ3v) is 5.55. The lowest BCUT2D eigenvalue weighted by atomic mass is 10.2. The summed E-state index contributed by atoms with van der Waals surface area (Å²) in [5.41, 5.74) is 0.771. The quantitative estimate of drug-likeness (QED) is 0.685. The van der Waals surface area contributed by atoms with Gasteiger partial charge in [-0.1, -0.05) is 6.07 Å². The minimum atomic E-state index is -3.62. The molecule has 0 atom stereocenters. The SMILES string of the molecule is CN(C)S(=O)(=O)c1cccc(C(=O)Nc2ccc(Oc3ncccn3)cc2)c1. The summed E-state index contributed by atoms with van der Waals surface area (Å²) in [4.78, 5) is 20.5. The lowest BCUT2D eigenvalue weighted by Crippen LogP contribution is -2.22. The van der Waals surface area contributed by atoms with E-state index >= 15 is 0 Å². The van der Waals surface area contributed by atoms with Crippen molar-refractivity contribution in [1.82, 2.24) is 14.3 Å². The Labute approximate surface area is 162 Å². The number of benzene rings is 2. The van der Waals surface area contributed by atoms with Crippen molar-refractivity contribution in [2.75, 3.05) is 19.4 Å². The van der Waals surface area contributed by atoms with Crippen LogP contribution in [-0.2, 0) is 10.0 Å². The summed E-state index contributed by atoms with van der Waals surface area (Å²) in [6.45, 7) is 0. The van der Waals surface area contributed by atoms with Gasteiger partial charge < -0.3 is 10.1 Å². The van der Waals surface area contributed by atoms with E-state index in [9.17, 15) is 13.2 Å². The highest BCUT2D eigenvalue weighted by Gasteiger charge is 2.18. The predicted molar refractivity (Wildman–Crippen MR) is 104 cm³/mol. The first-order chi connectivity index (χ1) is 13.4. The van der Waals surface area contributed by atoms with Gasteiger partial charge in [0.2, 0.25) is 10.0 Å². The van der Waals surface area contributed by atoms with Crippen LogP contribution in [0.1, 0.15) is 10.4 Å². The smallest absolute Gasteiger partial charge is 0.321 e. The first-order valence-corrected chi connectivity index (χ1v) is 9.69. The number of carbonyl (C=O) groups excluding carboxylic acids is 1. The number of sulfonamides is 1. The standard InChI is InChI=1S/C19H18N4O4S/c1-23(2)28(25,26)17-6-3-5-14(13-17)18(24)22-15-7-9-16(10-8-15)27-19-20-11-4-12-21-19/h3-13H,1-2H3,(H,22,24). The Morgan fingerprint density at radius 2 is 1.68 bits per heavy atom. The van der Waals surface area contributed by atoms with Gasteiger partial charge >= 0.3 is 6.01 Å². The van der Waals surface area contributed by atoms with Crippen LogP contribution in [0.5, 0.6) is 11.8 Å². The van der Waals surface area contributed by atoms with Crippen molar-refractivity contribution in [3.8, 4) is 11.8 Å². The van der Waals surface area contributed by atoms with Crippen molar-refractivity contribution in [3.63, 3.8) is 0 Å². The highest BCUT2D eigenvalue weighted by molar-refractivity contribution is 7.89. The summed E-state index contributed by atoms with van der Waals surface area (Å²) in [7, 11) is -0.743. The van der Waals surface area contributed by atoms with Gasteiger partial charge in [-0.25, -0.2) is 22.7 Å². The minimum absolute atomic E-state index is 0.0526. The van der Waals surface area contributed by atoms with Crippen molar-refractivity contribution < 1.29 is 17.9 Å². The van der Waals surface area contributed by atoms with E-state index in [1.807, 2.05) is 0 Å². The van der Waals surface area contributed by atoms with Gasteiger partial charge in [0.05, 0.1) is 4.90 Å². The van der Waals surface area contributed by atoms with Gasteiger partial charge in [-0.15, -0.1) is 0 Å². The third kappa shape index (κ3) is 4.51. The van der Waals surface area contributed by atoms with E-state index in [4.69, 9.17) is 4.74 Å². The molecule has 0 radical (unpaired) electrons. The van der Waals surface area contributed by atoms with Crippen molar-refractivity contribution in [2.45, 2.75) is 4.90 Å². The molecule has 9 heteroatoms. The van der Waals surface area contributed by atoms with E-state index in [2.05, 4.69) is 15.3 Å². The normalized spacial score (nSPS) is 11.2. The molecule has 3 rings (SSSR count). The highest BCUT2D eigenvalue weighted by atomic mass is 32.2. The van der Waals surface area contributed by atoms with Crippen molar-refractivity contribution in [3.05, 3.63) is 72.6 Å². The average Bonchev–Trinajstić information content (AvgIpc) is 2.70. The number of ether oxygens (including phenoxy) is 1. The lowest BCUT2D eigenvalue weighted by Gasteiger charge is -2.12. The Hall–Kier alpha value is -3.30. The van der Waals surface area contributed by atoms with Crippen LogP contribution in [0.4, 0.5) is 5.69 Å². The predicted octanol–water partition coefficient (Wildman–Crippen LogP) is 2.77. The molecular weight excluding hydrogens is 380 g/mol.